The Hall–Kier alpha value is -2.57. The van der Waals surface area contributed by atoms with E-state index in [1.165, 1.54) is 22.7 Å². The van der Waals surface area contributed by atoms with Crippen molar-refractivity contribution >= 4 is 40.4 Å². The predicted molar refractivity (Wildman–Crippen MR) is 115 cm³/mol. The van der Waals surface area contributed by atoms with Crippen LogP contribution in [0.1, 0.15) is 73.1 Å². The summed E-state index contributed by atoms with van der Waals surface area (Å²) in [6, 6.07) is -0.903. The van der Waals surface area contributed by atoms with Crippen molar-refractivity contribution in [2.24, 2.45) is 27.9 Å². The Bertz CT molecular complexity index is 915. The SMILES string of the molecule is Cc1nc([C@H](C)NC(=O)c2sc(CCCN=C(N)N)nc2[C@H](C)N)c(C(N)=O)s1. The van der Waals surface area contributed by atoms with Crippen LogP contribution in [0.5, 0.6) is 0 Å². The summed E-state index contributed by atoms with van der Waals surface area (Å²) in [6.07, 6.45) is 1.32. The number of aryl methyl sites for hydroxylation is 2. The van der Waals surface area contributed by atoms with E-state index < -0.39 is 18.0 Å². The van der Waals surface area contributed by atoms with Crippen LogP contribution in [0.3, 0.4) is 0 Å². The highest BCUT2D eigenvalue weighted by molar-refractivity contribution is 7.14. The minimum Gasteiger partial charge on any atom is -0.370 e. The number of carbonyl (C=O) groups is 2. The zero-order chi connectivity index (χ0) is 21.7. The first-order chi connectivity index (χ1) is 13.6. The summed E-state index contributed by atoms with van der Waals surface area (Å²) < 4.78 is 0. The Balaban J connectivity index is 2.17. The van der Waals surface area contributed by atoms with Gasteiger partial charge < -0.3 is 28.3 Å². The quantitative estimate of drug-likeness (QED) is 0.216. The van der Waals surface area contributed by atoms with Gasteiger partial charge in [-0.1, -0.05) is 0 Å². The fourth-order valence-electron chi connectivity index (χ4n) is 2.64. The molecular formula is C17H26N8O2S2. The number of rotatable bonds is 9. The fourth-order valence-corrected chi connectivity index (χ4v) is 4.62. The second-order valence-corrected chi connectivity index (χ2v) is 8.81. The summed E-state index contributed by atoms with van der Waals surface area (Å²) >= 11 is 2.49. The van der Waals surface area contributed by atoms with Crippen molar-refractivity contribution in [3.8, 4) is 0 Å². The molecule has 2 rings (SSSR count). The number of hydrogen-bond donors (Lipinski definition) is 5. The number of primary amides is 1. The third-order valence-electron chi connectivity index (χ3n) is 3.92. The zero-order valence-electron chi connectivity index (χ0n) is 16.6. The lowest BCUT2D eigenvalue weighted by Gasteiger charge is -2.13. The number of aromatic nitrogens is 2. The minimum absolute atomic E-state index is 0.0436. The molecule has 0 aromatic carbocycles. The number of hydrogen-bond acceptors (Lipinski definition) is 8. The molecule has 2 aromatic heterocycles. The van der Waals surface area contributed by atoms with Crippen molar-refractivity contribution in [3.05, 3.63) is 31.2 Å². The molecule has 0 bridgehead atoms. The van der Waals surface area contributed by atoms with E-state index >= 15 is 0 Å². The highest BCUT2D eigenvalue weighted by atomic mass is 32.1. The van der Waals surface area contributed by atoms with E-state index in [-0.39, 0.29) is 11.9 Å². The van der Waals surface area contributed by atoms with Crippen LogP contribution < -0.4 is 28.3 Å². The van der Waals surface area contributed by atoms with Gasteiger partial charge in [-0.15, -0.1) is 22.7 Å². The molecule has 2 heterocycles. The lowest BCUT2D eigenvalue weighted by Crippen LogP contribution is -2.29. The third kappa shape index (κ3) is 5.95. The van der Waals surface area contributed by atoms with E-state index in [0.29, 0.717) is 45.5 Å². The van der Waals surface area contributed by atoms with Crippen LogP contribution in [-0.2, 0) is 6.42 Å². The first kappa shape index (κ1) is 22.7. The summed E-state index contributed by atoms with van der Waals surface area (Å²) in [7, 11) is 0. The number of nitrogens with zero attached hydrogens (tertiary/aromatic N) is 3. The molecule has 0 fully saturated rings. The molecule has 158 valence electrons. The van der Waals surface area contributed by atoms with Gasteiger partial charge in [-0.2, -0.15) is 0 Å². The summed E-state index contributed by atoms with van der Waals surface area (Å²) in [4.78, 5) is 38.1. The van der Waals surface area contributed by atoms with Gasteiger partial charge in [0.25, 0.3) is 11.8 Å². The van der Waals surface area contributed by atoms with Crippen LogP contribution >= 0.6 is 22.7 Å². The van der Waals surface area contributed by atoms with Gasteiger partial charge in [0.15, 0.2) is 5.96 Å². The molecule has 10 nitrogen and oxygen atoms in total. The van der Waals surface area contributed by atoms with Gasteiger partial charge in [0.1, 0.15) is 9.75 Å². The Morgan fingerprint density at radius 3 is 2.38 bits per heavy atom. The van der Waals surface area contributed by atoms with Crippen molar-refractivity contribution in [1.82, 2.24) is 15.3 Å². The average Bonchev–Trinajstić information content (AvgIpc) is 3.22. The predicted octanol–water partition coefficient (Wildman–Crippen LogP) is 0.724. The molecule has 0 unspecified atom stereocenters. The summed E-state index contributed by atoms with van der Waals surface area (Å²) in [5.74, 6) is -0.843. The number of nitrogens with two attached hydrogens (primary N) is 4. The van der Waals surface area contributed by atoms with Crippen LogP contribution in [0, 0.1) is 6.92 Å². The fraction of sp³-hybridized carbons (Fsp3) is 0.471. The van der Waals surface area contributed by atoms with Crippen LogP contribution in [-0.4, -0.2) is 34.3 Å². The van der Waals surface area contributed by atoms with Crippen LogP contribution in [0.2, 0.25) is 0 Å². The molecule has 9 N–H and O–H groups in total. The monoisotopic (exact) mass is 438 g/mol. The zero-order valence-corrected chi connectivity index (χ0v) is 18.2. The topological polar surface area (TPSA) is 188 Å². The van der Waals surface area contributed by atoms with E-state index in [2.05, 4.69) is 20.3 Å². The maximum Gasteiger partial charge on any atom is 0.263 e. The number of carbonyl (C=O) groups excluding carboxylic acids is 2. The highest BCUT2D eigenvalue weighted by Crippen LogP contribution is 2.27. The molecule has 0 radical (unpaired) electrons. The van der Waals surface area contributed by atoms with E-state index in [0.717, 1.165) is 5.01 Å². The molecule has 0 aliphatic heterocycles. The second-order valence-electron chi connectivity index (χ2n) is 6.53. The lowest BCUT2D eigenvalue weighted by molar-refractivity contribution is 0.0936. The standard InChI is InChI=1S/C17H26N8O2S2/c1-7(18)11-14(29-10(25-11)5-4-6-22-17(20)21)16(27)23-8(2)12-13(15(19)26)28-9(3)24-12/h7-8H,4-6,18H2,1-3H3,(H2,19,26)(H,23,27)(H4,20,21,22)/t7-,8-/m0/s1. The van der Waals surface area contributed by atoms with E-state index in [1.807, 2.05) is 0 Å². The third-order valence-corrected chi connectivity index (χ3v) is 6.05. The number of amides is 2. The molecule has 0 saturated carbocycles. The molecule has 2 amide bonds. The van der Waals surface area contributed by atoms with Crippen LogP contribution in [0.25, 0.3) is 0 Å². The van der Waals surface area contributed by atoms with E-state index in [9.17, 15) is 9.59 Å². The van der Waals surface area contributed by atoms with Crippen LogP contribution in [0.4, 0.5) is 0 Å². The van der Waals surface area contributed by atoms with Crippen molar-refractivity contribution in [3.63, 3.8) is 0 Å². The largest absolute Gasteiger partial charge is 0.370 e. The average molecular weight is 439 g/mol. The van der Waals surface area contributed by atoms with E-state index in [4.69, 9.17) is 22.9 Å². The number of guanidine groups is 1. The first-order valence-electron chi connectivity index (χ1n) is 8.98. The summed E-state index contributed by atoms with van der Waals surface area (Å²) in [5.41, 5.74) is 23.0. The smallest absolute Gasteiger partial charge is 0.263 e. The molecule has 0 aliphatic carbocycles. The van der Waals surface area contributed by atoms with E-state index in [1.54, 1.807) is 20.8 Å². The molecule has 29 heavy (non-hydrogen) atoms. The van der Waals surface area contributed by atoms with Gasteiger partial charge in [-0.25, -0.2) is 9.97 Å². The molecule has 0 aliphatic rings. The van der Waals surface area contributed by atoms with Crippen molar-refractivity contribution < 1.29 is 9.59 Å². The van der Waals surface area contributed by atoms with Crippen LogP contribution in [0.15, 0.2) is 4.99 Å². The molecule has 12 heteroatoms. The van der Waals surface area contributed by atoms with Gasteiger partial charge >= 0.3 is 0 Å². The number of aliphatic imine (C=N–C) groups is 1. The summed E-state index contributed by atoms with van der Waals surface area (Å²) in [6.45, 7) is 5.78. The van der Waals surface area contributed by atoms with Crippen molar-refractivity contribution in [2.45, 2.75) is 45.7 Å². The molecule has 0 spiro atoms. The van der Waals surface area contributed by atoms with Gasteiger partial charge in [0.2, 0.25) is 0 Å². The Morgan fingerprint density at radius 1 is 1.10 bits per heavy atom. The normalized spacial score (nSPS) is 13.0. The van der Waals surface area contributed by atoms with Gasteiger partial charge in [0, 0.05) is 19.0 Å². The van der Waals surface area contributed by atoms with Crippen molar-refractivity contribution in [2.75, 3.05) is 6.54 Å². The Labute approximate surface area is 176 Å². The summed E-state index contributed by atoms with van der Waals surface area (Å²) in [5, 5.41) is 4.35. The first-order valence-corrected chi connectivity index (χ1v) is 10.6. The Morgan fingerprint density at radius 2 is 1.79 bits per heavy atom. The van der Waals surface area contributed by atoms with Gasteiger partial charge in [0.05, 0.1) is 27.4 Å². The van der Waals surface area contributed by atoms with Gasteiger partial charge in [-0.3, -0.25) is 14.6 Å². The van der Waals surface area contributed by atoms with Gasteiger partial charge in [-0.05, 0) is 27.2 Å². The maximum atomic E-state index is 12.9. The van der Waals surface area contributed by atoms with Crippen molar-refractivity contribution in [1.29, 1.82) is 0 Å². The Kier molecular flexibility index (Phi) is 7.65. The minimum atomic E-state index is -0.566. The maximum absolute atomic E-state index is 12.9. The molecule has 2 aromatic rings. The second kappa shape index (κ2) is 9.76. The lowest BCUT2D eigenvalue weighted by atomic mass is 10.1. The highest BCUT2D eigenvalue weighted by Gasteiger charge is 2.25. The molecular weight excluding hydrogens is 412 g/mol. The molecule has 2 atom stereocenters. The number of thiazole rings is 2. The molecule has 0 saturated heterocycles. The number of nitrogens with one attached hydrogen (secondary N) is 1.